The van der Waals surface area contributed by atoms with Crippen molar-refractivity contribution in [3.05, 3.63) is 64.5 Å². The van der Waals surface area contributed by atoms with Gasteiger partial charge in [-0.05, 0) is 71.4 Å². The van der Waals surface area contributed by atoms with Crippen LogP contribution in [0.4, 0.5) is 5.69 Å². The summed E-state index contributed by atoms with van der Waals surface area (Å²) >= 11 is 0. The van der Waals surface area contributed by atoms with Gasteiger partial charge in [0.05, 0.1) is 17.1 Å². The lowest BCUT2D eigenvalue weighted by Crippen LogP contribution is -2.14. The van der Waals surface area contributed by atoms with Crippen LogP contribution < -0.4 is 9.46 Å². The molecule has 0 aliphatic rings. The monoisotopic (exact) mass is 467 g/mol. The van der Waals surface area contributed by atoms with E-state index in [0.717, 1.165) is 17.0 Å². The predicted octanol–water partition coefficient (Wildman–Crippen LogP) is 3.83. The number of anilines is 1. The Kier molecular flexibility index (Phi) is 5.66. The number of hydrogen-bond donors (Lipinski definition) is 2. The van der Waals surface area contributed by atoms with E-state index in [1.54, 1.807) is 55.8 Å². The lowest BCUT2D eigenvalue weighted by molar-refractivity contribution is 0.459. The Labute approximate surface area is 192 Å². The topological polar surface area (TPSA) is 128 Å². The fraction of sp³-hybridized carbons (Fsp3) is 0.273. The first-order valence-corrected chi connectivity index (χ1v) is 11.7. The summed E-state index contributed by atoms with van der Waals surface area (Å²) in [7, 11) is -3.77. The highest BCUT2D eigenvalue weighted by molar-refractivity contribution is 7.92. The minimum absolute atomic E-state index is 0.145. The number of hydrogen-bond acceptors (Lipinski definition) is 7. The molecule has 11 heteroatoms. The average molecular weight is 468 g/mol. The number of ether oxygens (including phenoxy) is 1. The predicted molar refractivity (Wildman–Crippen MR) is 123 cm³/mol. The molecule has 0 amide bonds. The molecule has 1 aromatic carbocycles. The molecule has 0 saturated carbocycles. The Morgan fingerprint density at radius 3 is 2.24 bits per heavy atom. The van der Waals surface area contributed by atoms with Gasteiger partial charge in [0.25, 0.3) is 10.0 Å². The first-order valence-electron chi connectivity index (χ1n) is 10.3. The molecule has 0 aliphatic heterocycles. The molecule has 0 unspecified atom stereocenters. The molecule has 3 aromatic heterocycles. The van der Waals surface area contributed by atoms with Crippen molar-refractivity contribution in [3.63, 3.8) is 0 Å². The first-order chi connectivity index (χ1) is 15.5. The van der Waals surface area contributed by atoms with E-state index in [-0.39, 0.29) is 4.90 Å². The van der Waals surface area contributed by atoms with Gasteiger partial charge in [-0.15, -0.1) is 0 Å². The SMILES string of the molecule is Cc1nc(Oc2ccc(NS(=O)(=O)c3c(C)n[nH]c3C)cc2)cc(-n2nc(C)c(C)c2C)n1. The Morgan fingerprint density at radius 2 is 1.67 bits per heavy atom. The van der Waals surface area contributed by atoms with Crippen molar-refractivity contribution in [2.45, 2.75) is 46.4 Å². The van der Waals surface area contributed by atoms with Gasteiger partial charge >= 0.3 is 0 Å². The fourth-order valence-electron chi connectivity index (χ4n) is 3.48. The van der Waals surface area contributed by atoms with Gasteiger partial charge in [0.2, 0.25) is 5.88 Å². The number of aryl methyl sites for hydroxylation is 4. The molecule has 0 saturated heterocycles. The molecule has 33 heavy (non-hydrogen) atoms. The van der Waals surface area contributed by atoms with Gasteiger partial charge in [-0.2, -0.15) is 15.2 Å². The average Bonchev–Trinajstić information content (AvgIpc) is 3.22. The molecule has 0 aliphatic carbocycles. The molecule has 0 bridgehead atoms. The largest absolute Gasteiger partial charge is 0.439 e. The number of H-pyrrole nitrogens is 1. The minimum Gasteiger partial charge on any atom is -0.439 e. The van der Waals surface area contributed by atoms with Gasteiger partial charge in [0, 0.05) is 17.4 Å². The number of benzene rings is 1. The maximum absolute atomic E-state index is 12.7. The second kappa shape index (κ2) is 8.32. The van der Waals surface area contributed by atoms with E-state index < -0.39 is 10.0 Å². The van der Waals surface area contributed by atoms with E-state index >= 15 is 0 Å². The molecule has 0 atom stereocenters. The van der Waals surface area contributed by atoms with Crippen molar-refractivity contribution in [1.82, 2.24) is 29.9 Å². The zero-order valence-electron chi connectivity index (χ0n) is 19.3. The van der Waals surface area contributed by atoms with E-state index in [2.05, 4.69) is 30.0 Å². The molecule has 4 rings (SSSR count). The van der Waals surface area contributed by atoms with Crippen LogP contribution in [0.3, 0.4) is 0 Å². The van der Waals surface area contributed by atoms with E-state index in [1.807, 2.05) is 20.8 Å². The van der Waals surface area contributed by atoms with Gasteiger partial charge in [0.15, 0.2) is 5.82 Å². The molecule has 2 N–H and O–H groups in total. The maximum Gasteiger partial charge on any atom is 0.265 e. The van der Waals surface area contributed by atoms with Crippen LogP contribution in [0.25, 0.3) is 5.82 Å². The molecule has 4 aromatic rings. The van der Waals surface area contributed by atoms with Crippen LogP contribution in [-0.4, -0.2) is 38.4 Å². The van der Waals surface area contributed by atoms with Crippen molar-refractivity contribution < 1.29 is 13.2 Å². The summed E-state index contributed by atoms with van der Waals surface area (Å²) in [6.45, 7) is 11.0. The Balaban J connectivity index is 1.55. The molecular weight excluding hydrogens is 442 g/mol. The number of sulfonamides is 1. The third kappa shape index (κ3) is 4.44. The maximum atomic E-state index is 12.7. The first kappa shape index (κ1) is 22.5. The van der Waals surface area contributed by atoms with Crippen molar-refractivity contribution in [2.75, 3.05) is 4.72 Å². The van der Waals surface area contributed by atoms with Gasteiger partial charge < -0.3 is 4.74 Å². The number of rotatable bonds is 6. The molecule has 0 spiro atoms. The molecule has 0 fully saturated rings. The molecule has 172 valence electrons. The van der Waals surface area contributed by atoms with Gasteiger partial charge in [-0.3, -0.25) is 9.82 Å². The highest BCUT2D eigenvalue weighted by atomic mass is 32.2. The third-order valence-electron chi connectivity index (χ3n) is 5.33. The van der Waals surface area contributed by atoms with Crippen LogP contribution in [-0.2, 0) is 10.0 Å². The van der Waals surface area contributed by atoms with Gasteiger partial charge in [-0.1, -0.05) is 0 Å². The summed E-state index contributed by atoms with van der Waals surface area (Å²) in [5, 5.41) is 11.2. The number of aromatic amines is 1. The van der Waals surface area contributed by atoms with Crippen LogP contribution in [0.15, 0.2) is 35.2 Å². The summed E-state index contributed by atoms with van der Waals surface area (Å²) in [5.74, 6) is 2.02. The Morgan fingerprint density at radius 1 is 0.970 bits per heavy atom. The van der Waals surface area contributed by atoms with Crippen molar-refractivity contribution in [2.24, 2.45) is 0 Å². The number of nitrogens with zero attached hydrogens (tertiary/aromatic N) is 5. The summed E-state index contributed by atoms with van der Waals surface area (Å²) in [6, 6.07) is 8.29. The van der Waals surface area contributed by atoms with E-state index in [0.29, 0.717) is 40.3 Å². The van der Waals surface area contributed by atoms with Crippen LogP contribution in [0, 0.1) is 41.5 Å². The summed E-state index contributed by atoms with van der Waals surface area (Å²) in [4.78, 5) is 8.98. The zero-order chi connectivity index (χ0) is 23.9. The van der Waals surface area contributed by atoms with Crippen LogP contribution in [0.2, 0.25) is 0 Å². The smallest absolute Gasteiger partial charge is 0.265 e. The third-order valence-corrected chi connectivity index (χ3v) is 6.97. The van der Waals surface area contributed by atoms with Crippen molar-refractivity contribution in [1.29, 1.82) is 0 Å². The van der Waals surface area contributed by atoms with Crippen LogP contribution in [0.1, 0.15) is 34.2 Å². The number of aromatic nitrogens is 6. The lowest BCUT2D eigenvalue weighted by Gasteiger charge is -2.11. The van der Waals surface area contributed by atoms with Crippen LogP contribution >= 0.6 is 0 Å². The van der Waals surface area contributed by atoms with E-state index in [4.69, 9.17) is 4.74 Å². The highest BCUT2D eigenvalue weighted by Crippen LogP contribution is 2.26. The number of nitrogens with one attached hydrogen (secondary N) is 2. The van der Waals surface area contributed by atoms with Crippen molar-refractivity contribution in [3.8, 4) is 17.4 Å². The zero-order valence-corrected chi connectivity index (χ0v) is 20.1. The summed E-state index contributed by atoms with van der Waals surface area (Å²) < 4.78 is 35.7. The van der Waals surface area contributed by atoms with Gasteiger partial charge in [0.1, 0.15) is 16.5 Å². The molecular formula is C22H25N7O3S. The standard InChI is InChI=1S/C22H25N7O3S/c1-12-13(2)27-29(16(12)5)20-11-21(24-17(6)23-20)32-19-9-7-18(8-10-19)28-33(30,31)22-14(3)25-26-15(22)4/h7-11,28H,1-6H3,(H,25,26). The summed E-state index contributed by atoms with van der Waals surface area (Å²) in [5.41, 5.74) is 4.33. The molecule has 10 nitrogen and oxygen atoms in total. The molecule has 3 heterocycles. The van der Waals surface area contributed by atoms with Crippen LogP contribution in [0.5, 0.6) is 11.6 Å². The second-order valence-corrected chi connectivity index (χ2v) is 9.43. The molecule has 0 radical (unpaired) electrons. The quantitative estimate of drug-likeness (QED) is 0.441. The van der Waals surface area contributed by atoms with E-state index in [9.17, 15) is 8.42 Å². The minimum atomic E-state index is -3.77. The Bertz CT molecular complexity index is 1420. The van der Waals surface area contributed by atoms with Crippen molar-refractivity contribution >= 4 is 15.7 Å². The normalized spacial score (nSPS) is 11.6. The lowest BCUT2D eigenvalue weighted by atomic mass is 10.2. The highest BCUT2D eigenvalue weighted by Gasteiger charge is 2.22. The summed E-state index contributed by atoms with van der Waals surface area (Å²) in [6.07, 6.45) is 0. The van der Waals surface area contributed by atoms with E-state index in [1.165, 1.54) is 0 Å². The second-order valence-electron chi connectivity index (χ2n) is 7.81. The van der Waals surface area contributed by atoms with Gasteiger partial charge in [-0.25, -0.2) is 18.1 Å². The Hall–Kier alpha value is -3.73. The fourth-order valence-corrected chi connectivity index (χ4v) is 4.92.